The van der Waals surface area contributed by atoms with Crippen LogP contribution in [0.5, 0.6) is 0 Å². The standard InChI is InChI=1S/C23H30F2N8O3S/c1-2-37(34,35)31-16-9-7-15(8-10-16)26-21-28-22(32-11-13-36-14-12-32)30-23(29-21)33-18-6-4-3-5-17(18)27-20(33)19(24)25/h3-6,15-16,19,31H,2,7-14H2,1H3,(H,26,28,29,30). The number of aromatic nitrogens is 5. The third kappa shape index (κ3) is 5.80. The van der Waals surface area contributed by atoms with Crippen LogP contribution in [0.1, 0.15) is 44.9 Å². The minimum Gasteiger partial charge on any atom is -0.378 e. The van der Waals surface area contributed by atoms with E-state index in [0.29, 0.717) is 69.0 Å². The number of imidazole rings is 1. The number of ether oxygens (including phenoxy) is 1. The van der Waals surface area contributed by atoms with Gasteiger partial charge in [-0.15, -0.1) is 0 Å². The Morgan fingerprint density at radius 1 is 1.00 bits per heavy atom. The number of halogens is 2. The number of rotatable bonds is 8. The van der Waals surface area contributed by atoms with Gasteiger partial charge in [0.05, 0.1) is 30.0 Å². The number of sulfonamides is 1. The summed E-state index contributed by atoms with van der Waals surface area (Å²) in [6.07, 6.45) is -0.0587. The summed E-state index contributed by atoms with van der Waals surface area (Å²) in [4.78, 5) is 19.8. The van der Waals surface area contributed by atoms with Crippen molar-refractivity contribution in [3.05, 3.63) is 30.1 Å². The van der Waals surface area contributed by atoms with Gasteiger partial charge in [-0.25, -0.2) is 26.9 Å². The molecule has 0 amide bonds. The molecule has 0 bridgehead atoms. The summed E-state index contributed by atoms with van der Waals surface area (Å²) in [5, 5.41) is 3.34. The monoisotopic (exact) mass is 536 g/mol. The maximum Gasteiger partial charge on any atom is 0.296 e. The van der Waals surface area contributed by atoms with Crippen molar-refractivity contribution in [3.8, 4) is 5.95 Å². The van der Waals surface area contributed by atoms with E-state index in [1.54, 1.807) is 31.2 Å². The molecule has 0 unspecified atom stereocenters. The highest BCUT2D eigenvalue weighted by Crippen LogP contribution is 2.28. The van der Waals surface area contributed by atoms with E-state index in [2.05, 4.69) is 30.0 Å². The van der Waals surface area contributed by atoms with Crippen LogP contribution in [0.4, 0.5) is 20.7 Å². The lowest BCUT2D eigenvalue weighted by Gasteiger charge is -2.30. The maximum atomic E-state index is 14.0. The number of morpholine rings is 1. The average Bonchev–Trinajstić information content (AvgIpc) is 3.30. The van der Waals surface area contributed by atoms with Gasteiger partial charge in [-0.2, -0.15) is 15.0 Å². The van der Waals surface area contributed by atoms with Crippen molar-refractivity contribution in [1.82, 2.24) is 29.2 Å². The van der Waals surface area contributed by atoms with Crippen LogP contribution in [0, 0.1) is 0 Å². The first-order chi connectivity index (χ1) is 17.8. The lowest BCUT2D eigenvalue weighted by atomic mass is 9.92. The first-order valence-electron chi connectivity index (χ1n) is 12.4. The summed E-state index contributed by atoms with van der Waals surface area (Å²) in [5.74, 6) is 0.329. The van der Waals surface area contributed by atoms with Crippen LogP contribution in [0.25, 0.3) is 17.0 Å². The van der Waals surface area contributed by atoms with Gasteiger partial charge in [0.2, 0.25) is 27.9 Å². The predicted molar refractivity (Wildman–Crippen MR) is 135 cm³/mol. The second-order valence-corrected chi connectivity index (χ2v) is 11.2. The second kappa shape index (κ2) is 10.8. The highest BCUT2D eigenvalue weighted by atomic mass is 32.2. The summed E-state index contributed by atoms with van der Waals surface area (Å²) in [5.41, 5.74) is 0.903. The fourth-order valence-corrected chi connectivity index (χ4v) is 5.61. The first-order valence-corrected chi connectivity index (χ1v) is 14.1. The Morgan fingerprint density at radius 3 is 2.38 bits per heavy atom. The lowest BCUT2D eigenvalue weighted by molar-refractivity contribution is 0.122. The molecule has 2 aliphatic rings. The van der Waals surface area contributed by atoms with Gasteiger partial charge in [-0.3, -0.25) is 4.57 Å². The Balaban J connectivity index is 1.45. The number of nitrogens with zero attached hydrogens (tertiary/aromatic N) is 6. The second-order valence-electron chi connectivity index (χ2n) is 9.17. The Morgan fingerprint density at radius 2 is 1.68 bits per heavy atom. The van der Waals surface area contributed by atoms with E-state index in [9.17, 15) is 17.2 Å². The zero-order valence-corrected chi connectivity index (χ0v) is 21.3. The maximum absolute atomic E-state index is 14.0. The van der Waals surface area contributed by atoms with Gasteiger partial charge in [0.15, 0.2) is 5.82 Å². The first kappa shape index (κ1) is 25.7. The minimum absolute atomic E-state index is 0.00395. The van der Waals surface area contributed by atoms with E-state index >= 15 is 0 Å². The summed E-state index contributed by atoms with van der Waals surface area (Å²) in [6, 6.07) is 6.77. The largest absolute Gasteiger partial charge is 0.378 e. The van der Waals surface area contributed by atoms with E-state index in [1.807, 2.05) is 4.90 Å². The Labute approximate surface area is 213 Å². The van der Waals surface area contributed by atoms with Crippen molar-refractivity contribution in [2.24, 2.45) is 0 Å². The summed E-state index contributed by atoms with van der Waals surface area (Å²) >= 11 is 0. The van der Waals surface area contributed by atoms with Crippen molar-refractivity contribution < 1.29 is 21.9 Å². The number of hydrogen-bond donors (Lipinski definition) is 2. The van der Waals surface area contributed by atoms with Gasteiger partial charge in [0.25, 0.3) is 6.43 Å². The molecule has 11 nitrogen and oxygen atoms in total. The lowest BCUT2D eigenvalue weighted by Crippen LogP contribution is -2.41. The Hall–Kier alpha value is -2.97. The molecule has 37 heavy (non-hydrogen) atoms. The molecule has 2 fully saturated rings. The van der Waals surface area contributed by atoms with E-state index in [0.717, 1.165) is 0 Å². The Kier molecular flexibility index (Phi) is 7.49. The highest BCUT2D eigenvalue weighted by molar-refractivity contribution is 7.89. The molecule has 5 rings (SSSR count). The highest BCUT2D eigenvalue weighted by Gasteiger charge is 2.27. The van der Waals surface area contributed by atoms with Gasteiger partial charge in [-0.05, 0) is 44.7 Å². The summed E-state index contributed by atoms with van der Waals surface area (Å²) in [6.45, 7) is 3.77. The van der Waals surface area contributed by atoms with Gasteiger partial charge >= 0.3 is 0 Å². The molecule has 200 valence electrons. The van der Waals surface area contributed by atoms with Gasteiger partial charge < -0.3 is 15.0 Å². The van der Waals surface area contributed by atoms with Crippen molar-refractivity contribution in [2.45, 2.75) is 51.1 Å². The number of nitrogens with one attached hydrogen (secondary N) is 2. The fraction of sp³-hybridized carbons (Fsp3) is 0.565. The number of hydrogen-bond acceptors (Lipinski definition) is 9. The van der Waals surface area contributed by atoms with Crippen molar-refractivity contribution in [1.29, 1.82) is 0 Å². The molecule has 1 saturated carbocycles. The number of fused-ring (bicyclic) bond motifs is 1. The van der Waals surface area contributed by atoms with Crippen LogP contribution in [-0.2, 0) is 14.8 Å². The quantitative estimate of drug-likeness (QED) is 0.447. The molecule has 1 aliphatic heterocycles. The molecule has 2 N–H and O–H groups in total. The molecule has 0 spiro atoms. The third-order valence-corrected chi connectivity index (χ3v) is 8.13. The van der Waals surface area contributed by atoms with Gasteiger partial charge in [0.1, 0.15) is 0 Å². The molecule has 1 saturated heterocycles. The predicted octanol–water partition coefficient (Wildman–Crippen LogP) is 2.65. The molecular weight excluding hydrogens is 506 g/mol. The average molecular weight is 537 g/mol. The van der Waals surface area contributed by atoms with Crippen molar-refractivity contribution >= 4 is 33.0 Å². The van der Waals surface area contributed by atoms with Gasteiger partial charge in [0, 0.05) is 25.2 Å². The van der Waals surface area contributed by atoms with Crippen molar-refractivity contribution in [3.63, 3.8) is 0 Å². The number of anilines is 2. The van der Waals surface area contributed by atoms with E-state index in [1.165, 1.54) is 4.57 Å². The minimum atomic E-state index is -3.26. The molecule has 3 aromatic rings. The van der Waals surface area contributed by atoms with Crippen LogP contribution in [0.2, 0.25) is 0 Å². The van der Waals surface area contributed by atoms with Crippen LogP contribution < -0.4 is 14.9 Å². The van der Waals surface area contributed by atoms with E-state index < -0.39 is 22.3 Å². The van der Waals surface area contributed by atoms with Gasteiger partial charge in [-0.1, -0.05) is 12.1 Å². The van der Waals surface area contributed by atoms with Crippen LogP contribution >= 0.6 is 0 Å². The van der Waals surface area contributed by atoms with Crippen LogP contribution in [-0.4, -0.2) is 77.1 Å². The van der Waals surface area contributed by atoms with E-state index in [-0.39, 0.29) is 29.7 Å². The SMILES string of the molecule is CCS(=O)(=O)NC1CCC(Nc2nc(N3CCOCC3)nc(-n3c(C(F)F)nc4ccccc43)n2)CC1. The number of benzene rings is 1. The third-order valence-electron chi connectivity index (χ3n) is 6.67. The molecular formula is C23H30F2N8O3S. The number of para-hydroxylation sites is 2. The van der Waals surface area contributed by atoms with Crippen molar-refractivity contribution in [2.75, 3.05) is 42.3 Å². The summed E-state index contributed by atoms with van der Waals surface area (Å²) in [7, 11) is -3.26. The normalized spacial score (nSPS) is 21.0. The van der Waals surface area contributed by atoms with Crippen LogP contribution in [0.3, 0.4) is 0 Å². The smallest absolute Gasteiger partial charge is 0.296 e. The summed E-state index contributed by atoms with van der Waals surface area (Å²) < 4.78 is 61.3. The zero-order valence-electron chi connectivity index (χ0n) is 20.5. The molecule has 2 aromatic heterocycles. The number of alkyl halides is 2. The van der Waals surface area contributed by atoms with E-state index in [4.69, 9.17) is 4.74 Å². The molecule has 0 radical (unpaired) electrons. The molecule has 14 heteroatoms. The Bertz CT molecular complexity index is 1340. The zero-order chi connectivity index (χ0) is 26.0. The molecule has 1 aliphatic carbocycles. The molecule has 0 atom stereocenters. The molecule has 3 heterocycles. The fourth-order valence-electron chi connectivity index (χ4n) is 4.70. The molecule has 1 aromatic carbocycles. The van der Waals surface area contributed by atoms with Crippen LogP contribution in [0.15, 0.2) is 24.3 Å². The topological polar surface area (TPSA) is 127 Å².